The Hall–Kier alpha value is -2.83. The van der Waals surface area contributed by atoms with Crippen LogP contribution in [-0.4, -0.2) is 28.2 Å². The quantitative estimate of drug-likeness (QED) is 0.750. The summed E-state index contributed by atoms with van der Waals surface area (Å²) in [4.78, 5) is 24.4. The van der Waals surface area contributed by atoms with Gasteiger partial charge in [0.25, 0.3) is 11.8 Å². The van der Waals surface area contributed by atoms with Gasteiger partial charge in [-0.25, -0.2) is 0 Å². The summed E-state index contributed by atoms with van der Waals surface area (Å²) in [5.41, 5.74) is 7.00. The van der Waals surface area contributed by atoms with Crippen LogP contribution in [0.5, 0.6) is 5.75 Å². The Morgan fingerprint density at radius 2 is 1.93 bits per heavy atom. The second-order valence-corrected chi connectivity index (χ2v) is 8.06. The summed E-state index contributed by atoms with van der Waals surface area (Å²) in [6.07, 6.45) is 3.06. The Kier molecular flexibility index (Phi) is 5.72. The number of rotatable bonds is 6. The number of nitrogens with one attached hydrogen (secondary N) is 2. The molecule has 1 saturated carbocycles. The minimum Gasteiger partial charge on any atom is -0.483 e. The maximum Gasteiger partial charge on any atom is 0.290 e. The summed E-state index contributed by atoms with van der Waals surface area (Å²) in [6, 6.07) is 9.38. The van der Waals surface area contributed by atoms with Crippen molar-refractivity contribution in [3.63, 3.8) is 0 Å². The maximum atomic E-state index is 12.4. The number of hydrazine groups is 1. The van der Waals surface area contributed by atoms with E-state index in [0.717, 1.165) is 30.5 Å². The molecular weight excluding hydrogens is 356 g/mol. The van der Waals surface area contributed by atoms with Crippen LogP contribution < -0.4 is 15.6 Å². The highest BCUT2D eigenvalue weighted by Gasteiger charge is 2.32. The molecule has 150 valence electrons. The Balaban J connectivity index is 1.56. The SMILES string of the molecule is CCc1ccccc1OCC(=O)NNC(=O)c1cc(C2CC2)n(C(C)(C)C)n1. The van der Waals surface area contributed by atoms with E-state index in [-0.39, 0.29) is 12.1 Å². The topological polar surface area (TPSA) is 85.3 Å². The molecule has 1 aliphatic rings. The summed E-state index contributed by atoms with van der Waals surface area (Å²) in [5, 5.41) is 4.46. The number of amides is 2. The molecule has 28 heavy (non-hydrogen) atoms. The number of benzene rings is 1. The van der Waals surface area contributed by atoms with Gasteiger partial charge in [-0.2, -0.15) is 5.10 Å². The molecule has 7 nitrogen and oxygen atoms in total. The molecule has 2 aromatic rings. The number of para-hydroxylation sites is 1. The van der Waals surface area contributed by atoms with Crippen LogP contribution in [0.4, 0.5) is 0 Å². The first-order valence-electron chi connectivity index (χ1n) is 9.70. The standard InChI is InChI=1S/C21H28N4O3/c1-5-14-8-6-7-9-18(14)28-13-19(26)22-23-20(27)16-12-17(15-10-11-15)25(24-16)21(2,3)4/h6-9,12,15H,5,10-11,13H2,1-4H3,(H,22,26)(H,23,27). The molecule has 1 aliphatic carbocycles. The highest BCUT2D eigenvalue weighted by atomic mass is 16.5. The lowest BCUT2D eigenvalue weighted by atomic mass is 10.1. The van der Waals surface area contributed by atoms with Crippen LogP contribution in [0, 0.1) is 0 Å². The predicted molar refractivity (Wildman–Crippen MR) is 106 cm³/mol. The van der Waals surface area contributed by atoms with Crippen molar-refractivity contribution in [2.45, 2.75) is 58.4 Å². The van der Waals surface area contributed by atoms with Crippen molar-refractivity contribution in [1.29, 1.82) is 0 Å². The lowest BCUT2D eigenvalue weighted by Crippen LogP contribution is -2.44. The van der Waals surface area contributed by atoms with Crippen LogP contribution in [-0.2, 0) is 16.8 Å². The molecule has 3 rings (SSSR count). The second kappa shape index (κ2) is 8.04. The van der Waals surface area contributed by atoms with E-state index in [1.807, 2.05) is 41.9 Å². The van der Waals surface area contributed by atoms with Gasteiger partial charge >= 0.3 is 0 Å². The number of nitrogens with zero attached hydrogens (tertiary/aromatic N) is 2. The molecule has 0 spiro atoms. The summed E-state index contributed by atoms with van der Waals surface area (Å²) < 4.78 is 7.46. The van der Waals surface area contributed by atoms with E-state index in [0.29, 0.717) is 17.4 Å². The summed E-state index contributed by atoms with van der Waals surface area (Å²) >= 11 is 0. The van der Waals surface area contributed by atoms with Crippen molar-refractivity contribution in [2.75, 3.05) is 6.61 Å². The number of carbonyl (C=O) groups is 2. The van der Waals surface area contributed by atoms with Crippen LogP contribution in [0.3, 0.4) is 0 Å². The monoisotopic (exact) mass is 384 g/mol. The molecule has 7 heteroatoms. The van der Waals surface area contributed by atoms with Crippen LogP contribution in [0.2, 0.25) is 0 Å². The van der Waals surface area contributed by atoms with E-state index in [1.54, 1.807) is 0 Å². The Bertz CT molecular complexity index is 863. The third-order valence-electron chi connectivity index (χ3n) is 4.63. The molecule has 0 radical (unpaired) electrons. The van der Waals surface area contributed by atoms with E-state index in [1.165, 1.54) is 0 Å². The zero-order chi connectivity index (χ0) is 20.3. The fraction of sp³-hybridized carbons (Fsp3) is 0.476. The minimum atomic E-state index is -0.438. The van der Waals surface area contributed by atoms with Gasteiger partial charge in [0.05, 0.1) is 5.54 Å². The molecule has 1 heterocycles. The first-order valence-corrected chi connectivity index (χ1v) is 9.70. The summed E-state index contributed by atoms with van der Waals surface area (Å²) in [5.74, 6) is 0.267. The molecule has 2 amide bonds. The third-order valence-corrected chi connectivity index (χ3v) is 4.63. The average molecular weight is 384 g/mol. The lowest BCUT2D eigenvalue weighted by Gasteiger charge is -2.22. The molecule has 1 aromatic heterocycles. The Labute approximate surface area is 165 Å². The zero-order valence-corrected chi connectivity index (χ0v) is 16.9. The number of aryl methyl sites for hydroxylation is 1. The normalized spacial score (nSPS) is 13.9. The molecule has 0 saturated heterocycles. The van der Waals surface area contributed by atoms with Gasteiger partial charge in [0.2, 0.25) is 0 Å². The van der Waals surface area contributed by atoms with E-state index >= 15 is 0 Å². The van der Waals surface area contributed by atoms with E-state index in [4.69, 9.17) is 4.74 Å². The van der Waals surface area contributed by atoms with Gasteiger partial charge in [-0.1, -0.05) is 25.1 Å². The van der Waals surface area contributed by atoms with Crippen molar-refractivity contribution in [3.8, 4) is 5.75 Å². The van der Waals surface area contributed by atoms with Crippen molar-refractivity contribution < 1.29 is 14.3 Å². The summed E-state index contributed by atoms with van der Waals surface area (Å²) in [6.45, 7) is 8.01. The van der Waals surface area contributed by atoms with Gasteiger partial charge in [0, 0.05) is 11.6 Å². The first kappa shape index (κ1) is 19.9. The Morgan fingerprint density at radius 1 is 1.21 bits per heavy atom. The van der Waals surface area contributed by atoms with E-state index < -0.39 is 11.8 Å². The van der Waals surface area contributed by atoms with Gasteiger partial charge in [0.1, 0.15) is 5.75 Å². The number of hydrogen-bond donors (Lipinski definition) is 2. The number of hydrogen-bond acceptors (Lipinski definition) is 4. The van der Waals surface area contributed by atoms with Gasteiger partial charge in [-0.05, 0) is 57.7 Å². The van der Waals surface area contributed by atoms with Crippen LogP contribution >= 0.6 is 0 Å². The van der Waals surface area contributed by atoms with Crippen molar-refractivity contribution in [2.24, 2.45) is 0 Å². The smallest absolute Gasteiger partial charge is 0.290 e. The van der Waals surface area contributed by atoms with Gasteiger partial charge < -0.3 is 4.74 Å². The summed E-state index contributed by atoms with van der Waals surface area (Å²) in [7, 11) is 0. The minimum absolute atomic E-state index is 0.180. The van der Waals surface area contributed by atoms with Crippen LogP contribution in [0.15, 0.2) is 30.3 Å². The second-order valence-electron chi connectivity index (χ2n) is 8.06. The van der Waals surface area contributed by atoms with Gasteiger partial charge in [0.15, 0.2) is 12.3 Å². The molecule has 2 N–H and O–H groups in total. The molecule has 0 bridgehead atoms. The van der Waals surface area contributed by atoms with E-state index in [9.17, 15) is 9.59 Å². The number of ether oxygens (including phenoxy) is 1. The predicted octanol–water partition coefficient (Wildman–Crippen LogP) is 2.92. The highest BCUT2D eigenvalue weighted by molar-refractivity contribution is 5.94. The number of aromatic nitrogens is 2. The fourth-order valence-corrected chi connectivity index (χ4v) is 3.02. The highest BCUT2D eigenvalue weighted by Crippen LogP contribution is 2.41. The van der Waals surface area contributed by atoms with Crippen molar-refractivity contribution >= 4 is 11.8 Å². The van der Waals surface area contributed by atoms with Crippen molar-refractivity contribution in [1.82, 2.24) is 20.6 Å². The maximum absolute atomic E-state index is 12.4. The van der Waals surface area contributed by atoms with Crippen molar-refractivity contribution in [3.05, 3.63) is 47.3 Å². The van der Waals surface area contributed by atoms with Crippen LogP contribution in [0.1, 0.15) is 68.2 Å². The molecular formula is C21H28N4O3. The fourth-order valence-electron chi connectivity index (χ4n) is 3.02. The molecule has 0 atom stereocenters. The Morgan fingerprint density at radius 3 is 2.57 bits per heavy atom. The third kappa shape index (κ3) is 4.71. The lowest BCUT2D eigenvalue weighted by molar-refractivity contribution is -0.123. The number of carbonyl (C=O) groups excluding carboxylic acids is 2. The molecule has 0 unspecified atom stereocenters. The van der Waals surface area contributed by atoms with Crippen LogP contribution in [0.25, 0.3) is 0 Å². The largest absolute Gasteiger partial charge is 0.483 e. The zero-order valence-electron chi connectivity index (χ0n) is 16.9. The van der Waals surface area contributed by atoms with Gasteiger partial charge in [-0.3, -0.25) is 25.1 Å². The average Bonchev–Trinajstić information content (AvgIpc) is 3.41. The van der Waals surface area contributed by atoms with E-state index in [2.05, 4.69) is 36.7 Å². The molecule has 1 aromatic carbocycles. The van der Waals surface area contributed by atoms with Gasteiger partial charge in [-0.15, -0.1) is 0 Å². The molecule has 0 aliphatic heterocycles. The first-order chi connectivity index (χ1) is 13.3. The molecule has 1 fully saturated rings.